The molecule has 0 saturated heterocycles. The first-order valence-corrected chi connectivity index (χ1v) is 7.51. The maximum atomic E-state index is 11.7. The molecule has 0 saturated carbocycles. The zero-order chi connectivity index (χ0) is 13.6. The number of carbonyl (C=O) groups is 1. The van der Waals surface area contributed by atoms with E-state index in [2.05, 4.69) is 0 Å². The Balaban J connectivity index is 2.64. The number of unbranched alkanes of at least 4 members (excludes halogenated alkanes) is 1. The number of hydrogen-bond acceptors (Lipinski definition) is 4. The van der Waals surface area contributed by atoms with E-state index < -0.39 is 21.4 Å². The predicted molar refractivity (Wildman–Crippen MR) is 69.3 cm³/mol. The minimum Gasteiger partial charge on any atom is -0.293 e. The van der Waals surface area contributed by atoms with Crippen molar-refractivity contribution in [1.82, 2.24) is 0 Å². The van der Waals surface area contributed by atoms with Gasteiger partial charge in [0.2, 0.25) is 0 Å². The second-order valence-corrected chi connectivity index (χ2v) is 6.40. The number of Topliss-reactive ketones (excluding diaryl/α,β-unsaturated/α-hetero) is 1. The topological polar surface area (TPSA) is 75.0 Å². The number of sulfone groups is 1. The summed E-state index contributed by atoms with van der Waals surface area (Å²) in [7, 11) is -3.44. The highest BCUT2D eigenvalue weighted by Gasteiger charge is 2.17. The van der Waals surface area contributed by atoms with Gasteiger partial charge in [-0.3, -0.25) is 4.79 Å². The quantitative estimate of drug-likeness (QED) is 0.593. The van der Waals surface area contributed by atoms with Crippen molar-refractivity contribution in [2.75, 3.05) is 11.5 Å². The largest absolute Gasteiger partial charge is 0.293 e. The van der Waals surface area contributed by atoms with Crippen molar-refractivity contribution in [1.29, 1.82) is 5.26 Å². The summed E-state index contributed by atoms with van der Waals surface area (Å²) in [5, 5.41) is 8.81. The molecule has 0 fully saturated rings. The Morgan fingerprint density at radius 2 is 1.89 bits per heavy atom. The summed E-state index contributed by atoms with van der Waals surface area (Å²) in [6.45, 7) is 0. The van der Waals surface area contributed by atoms with Crippen LogP contribution in [0.25, 0.3) is 0 Å². The van der Waals surface area contributed by atoms with Crippen molar-refractivity contribution in [3.8, 4) is 6.07 Å². The maximum Gasteiger partial charge on any atom is 0.177 e. The standard InChI is InChI=1S/C12H12ClNO3S/c13-11-5-3-10(4-6-11)12(15)9-18(16,17)8-2-1-7-14/h3-6H,1-2,8-9H2. The first kappa shape index (κ1) is 14.7. The van der Waals surface area contributed by atoms with E-state index >= 15 is 0 Å². The lowest BCUT2D eigenvalue weighted by molar-refractivity contribution is 0.102. The second-order valence-electron chi connectivity index (χ2n) is 3.78. The van der Waals surface area contributed by atoms with E-state index in [1.807, 2.05) is 6.07 Å². The minimum absolute atomic E-state index is 0.139. The molecule has 1 aromatic carbocycles. The van der Waals surface area contributed by atoms with Gasteiger partial charge in [-0.25, -0.2) is 8.42 Å². The van der Waals surface area contributed by atoms with Crippen LogP contribution in [0.2, 0.25) is 5.02 Å². The molecule has 0 bridgehead atoms. The molecule has 0 unspecified atom stereocenters. The highest BCUT2D eigenvalue weighted by molar-refractivity contribution is 7.92. The average molecular weight is 286 g/mol. The lowest BCUT2D eigenvalue weighted by Crippen LogP contribution is -2.19. The Morgan fingerprint density at radius 3 is 2.44 bits per heavy atom. The number of halogens is 1. The van der Waals surface area contributed by atoms with Crippen LogP contribution in [0, 0.1) is 11.3 Å². The molecule has 0 aliphatic rings. The van der Waals surface area contributed by atoms with Crippen LogP contribution in [-0.2, 0) is 9.84 Å². The summed E-state index contributed by atoms with van der Waals surface area (Å²) in [6, 6.07) is 7.94. The van der Waals surface area contributed by atoms with Crippen LogP contribution in [0.3, 0.4) is 0 Å². The van der Waals surface area contributed by atoms with Crippen molar-refractivity contribution >= 4 is 27.2 Å². The minimum atomic E-state index is -3.44. The number of ketones is 1. The molecule has 0 heterocycles. The molecule has 1 aromatic rings. The lowest BCUT2D eigenvalue weighted by atomic mass is 10.1. The third-order valence-electron chi connectivity index (χ3n) is 2.26. The van der Waals surface area contributed by atoms with Crippen LogP contribution in [-0.4, -0.2) is 25.7 Å². The number of rotatable bonds is 6. The molecule has 0 aliphatic carbocycles. The molecule has 96 valence electrons. The lowest BCUT2D eigenvalue weighted by Gasteiger charge is -2.03. The molecule has 0 aliphatic heterocycles. The maximum absolute atomic E-state index is 11.7. The molecule has 1 rings (SSSR count). The zero-order valence-electron chi connectivity index (χ0n) is 9.60. The van der Waals surface area contributed by atoms with Gasteiger partial charge >= 0.3 is 0 Å². The summed E-state index contributed by atoms with van der Waals surface area (Å²) < 4.78 is 23.2. The van der Waals surface area contributed by atoms with E-state index in [0.29, 0.717) is 10.6 Å². The number of carbonyl (C=O) groups excluding carboxylic acids is 1. The van der Waals surface area contributed by atoms with Crippen LogP contribution in [0.5, 0.6) is 0 Å². The molecular formula is C12H12ClNO3S. The third-order valence-corrected chi connectivity index (χ3v) is 4.13. The molecule has 4 nitrogen and oxygen atoms in total. The molecule has 0 radical (unpaired) electrons. The summed E-state index contributed by atoms with van der Waals surface area (Å²) in [4.78, 5) is 11.7. The Hall–Kier alpha value is -1.38. The van der Waals surface area contributed by atoms with Gasteiger partial charge in [-0.05, 0) is 30.7 Å². The highest BCUT2D eigenvalue weighted by Crippen LogP contribution is 2.11. The van der Waals surface area contributed by atoms with Gasteiger partial charge in [0.25, 0.3) is 0 Å². The van der Waals surface area contributed by atoms with Crippen molar-refractivity contribution in [3.05, 3.63) is 34.9 Å². The summed E-state index contributed by atoms with van der Waals surface area (Å²) in [5.74, 6) is -1.12. The fourth-order valence-corrected chi connectivity index (χ4v) is 2.78. The fraction of sp³-hybridized carbons (Fsp3) is 0.333. The van der Waals surface area contributed by atoms with E-state index in [-0.39, 0.29) is 18.6 Å². The van der Waals surface area contributed by atoms with Gasteiger partial charge in [-0.2, -0.15) is 5.26 Å². The molecule has 0 aromatic heterocycles. The van der Waals surface area contributed by atoms with E-state index in [4.69, 9.17) is 16.9 Å². The van der Waals surface area contributed by atoms with Crippen LogP contribution in [0.4, 0.5) is 0 Å². The molecule has 18 heavy (non-hydrogen) atoms. The van der Waals surface area contributed by atoms with Gasteiger partial charge in [-0.15, -0.1) is 0 Å². The molecule has 0 N–H and O–H groups in total. The average Bonchev–Trinajstić information content (AvgIpc) is 2.29. The Kier molecular flexibility index (Phi) is 5.32. The third kappa shape index (κ3) is 4.86. The van der Waals surface area contributed by atoms with Gasteiger partial charge < -0.3 is 0 Å². The Bertz CT molecular complexity index is 558. The summed E-state index contributed by atoms with van der Waals surface area (Å²) >= 11 is 5.67. The van der Waals surface area contributed by atoms with Crippen LogP contribution >= 0.6 is 11.6 Å². The SMILES string of the molecule is N#CCCCS(=O)(=O)CC(=O)c1ccc(Cl)cc1. The zero-order valence-corrected chi connectivity index (χ0v) is 11.2. The molecule has 0 atom stereocenters. The van der Waals surface area contributed by atoms with Gasteiger partial charge in [0.1, 0.15) is 5.75 Å². The van der Waals surface area contributed by atoms with Crippen molar-refractivity contribution in [3.63, 3.8) is 0 Å². The predicted octanol–water partition coefficient (Wildman–Crippen LogP) is 2.24. The van der Waals surface area contributed by atoms with Gasteiger partial charge in [0.05, 0.1) is 11.8 Å². The van der Waals surface area contributed by atoms with Gasteiger partial charge in [0, 0.05) is 17.0 Å². The summed E-state index contributed by atoms with van der Waals surface area (Å²) in [6.07, 6.45) is 0.432. The molecule has 6 heteroatoms. The highest BCUT2D eigenvalue weighted by atomic mass is 35.5. The smallest absolute Gasteiger partial charge is 0.177 e. The molecular weight excluding hydrogens is 274 g/mol. The van der Waals surface area contributed by atoms with Crippen molar-refractivity contribution in [2.45, 2.75) is 12.8 Å². The summed E-state index contributed by atoms with van der Waals surface area (Å²) in [5.41, 5.74) is 0.322. The van der Waals surface area contributed by atoms with E-state index in [1.165, 1.54) is 24.3 Å². The first-order chi connectivity index (χ1) is 8.44. The first-order valence-electron chi connectivity index (χ1n) is 5.31. The Morgan fingerprint density at radius 1 is 1.28 bits per heavy atom. The van der Waals surface area contributed by atoms with Crippen LogP contribution in [0.1, 0.15) is 23.2 Å². The number of benzene rings is 1. The fourth-order valence-electron chi connectivity index (χ4n) is 1.36. The normalized spacial score (nSPS) is 10.9. The monoisotopic (exact) mass is 285 g/mol. The van der Waals surface area contributed by atoms with E-state index in [0.717, 1.165) is 0 Å². The number of nitriles is 1. The molecule has 0 amide bonds. The van der Waals surface area contributed by atoms with Crippen molar-refractivity contribution in [2.24, 2.45) is 0 Å². The van der Waals surface area contributed by atoms with Crippen LogP contribution in [0.15, 0.2) is 24.3 Å². The molecule has 0 spiro atoms. The van der Waals surface area contributed by atoms with E-state index in [1.54, 1.807) is 0 Å². The van der Waals surface area contributed by atoms with Gasteiger partial charge in [-0.1, -0.05) is 11.6 Å². The second kappa shape index (κ2) is 6.53. The number of hydrogen-bond donors (Lipinski definition) is 0. The number of nitrogens with zero attached hydrogens (tertiary/aromatic N) is 1. The Labute approximate surface area is 111 Å². The van der Waals surface area contributed by atoms with E-state index in [9.17, 15) is 13.2 Å². The van der Waals surface area contributed by atoms with Crippen molar-refractivity contribution < 1.29 is 13.2 Å². The van der Waals surface area contributed by atoms with Gasteiger partial charge in [0.15, 0.2) is 15.6 Å². The van der Waals surface area contributed by atoms with Crippen LogP contribution < -0.4 is 0 Å².